The van der Waals surface area contributed by atoms with Crippen LogP contribution in [-0.2, 0) is 6.54 Å². The zero-order chi connectivity index (χ0) is 18.6. The molecule has 7 heteroatoms. The molecule has 7 nitrogen and oxygen atoms in total. The molecular weight excluding hydrogens is 340 g/mol. The molecule has 2 aromatic heterocycles. The summed E-state index contributed by atoms with van der Waals surface area (Å²) < 4.78 is 4.12. The first-order valence-corrected chi connectivity index (χ1v) is 9.68. The third-order valence-electron chi connectivity index (χ3n) is 5.18. The van der Waals surface area contributed by atoms with Crippen molar-refractivity contribution in [3.8, 4) is 0 Å². The van der Waals surface area contributed by atoms with E-state index in [9.17, 15) is 4.79 Å². The normalized spacial score (nSPS) is 17.3. The summed E-state index contributed by atoms with van der Waals surface area (Å²) in [6, 6.07) is 10.3. The Kier molecular flexibility index (Phi) is 5.20. The summed E-state index contributed by atoms with van der Waals surface area (Å²) in [5.74, 6) is 0.895. The van der Waals surface area contributed by atoms with E-state index in [2.05, 4.69) is 31.3 Å². The van der Waals surface area contributed by atoms with Crippen LogP contribution in [0.5, 0.6) is 0 Å². The Hall–Kier alpha value is -2.67. The van der Waals surface area contributed by atoms with Crippen LogP contribution in [0.25, 0.3) is 11.0 Å². The Morgan fingerprint density at radius 1 is 1.33 bits per heavy atom. The average Bonchev–Trinajstić information content (AvgIpc) is 3.31. The molecular formula is C20H26N6O. The molecule has 2 N–H and O–H groups in total. The number of aryl methyl sites for hydroxylation is 2. The number of carbonyl (C=O) groups is 1. The fourth-order valence-corrected chi connectivity index (χ4v) is 3.73. The Morgan fingerprint density at radius 3 is 3.07 bits per heavy atom. The summed E-state index contributed by atoms with van der Waals surface area (Å²) in [5.41, 5.74) is 2.65. The topological polar surface area (TPSA) is 76.8 Å². The number of para-hydroxylation sites is 2. The lowest BCUT2D eigenvalue weighted by Crippen LogP contribution is -2.32. The Morgan fingerprint density at radius 2 is 2.22 bits per heavy atom. The summed E-state index contributed by atoms with van der Waals surface area (Å²) in [6.07, 6.45) is 5.01. The maximum atomic E-state index is 12.4. The minimum Gasteiger partial charge on any atom is -0.351 e. The minimum atomic E-state index is -0.107. The van der Waals surface area contributed by atoms with Crippen molar-refractivity contribution >= 4 is 16.9 Å². The van der Waals surface area contributed by atoms with Crippen LogP contribution in [0.15, 0.2) is 36.5 Å². The molecule has 142 valence electrons. The van der Waals surface area contributed by atoms with Crippen LogP contribution in [0.2, 0.25) is 0 Å². The van der Waals surface area contributed by atoms with Crippen molar-refractivity contribution in [2.45, 2.75) is 38.8 Å². The number of nitrogens with zero attached hydrogens (tertiary/aromatic N) is 4. The standard InChI is InChI=1S/C20H26N6O/c1-15-23-17-7-2-3-8-19(17)25(15)12-5-11-22-20(27)18-9-13-26(24-18)16-6-4-10-21-14-16/h2-3,7-9,13,16,21H,4-6,10-12,14H2,1H3,(H,22,27). The molecule has 3 heterocycles. The first kappa shape index (κ1) is 17.7. The maximum Gasteiger partial charge on any atom is 0.271 e. The number of amides is 1. The molecule has 0 bridgehead atoms. The summed E-state index contributed by atoms with van der Waals surface area (Å²) in [6.45, 7) is 5.44. The van der Waals surface area contributed by atoms with E-state index < -0.39 is 0 Å². The number of carbonyl (C=O) groups excluding carboxylic acids is 1. The Balaban J connectivity index is 1.29. The number of imidazole rings is 1. The van der Waals surface area contributed by atoms with Gasteiger partial charge in [-0.05, 0) is 50.9 Å². The average molecular weight is 366 g/mol. The molecule has 1 fully saturated rings. The lowest BCUT2D eigenvalue weighted by atomic mass is 10.1. The van der Waals surface area contributed by atoms with E-state index >= 15 is 0 Å². The van der Waals surface area contributed by atoms with Crippen LogP contribution in [-0.4, -0.2) is 44.9 Å². The van der Waals surface area contributed by atoms with E-state index in [-0.39, 0.29) is 5.91 Å². The van der Waals surface area contributed by atoms with E-state index in [1.807, 2.05) is 36.0 Å². The molecule has 3 aromatic rings. The number of nitrogens with one attached hydrogen (secondary N) is 2. The van der Waals surface area contributed by atoms with Gasteiger partial charge in [-0.15, -0.1) is 0 Å². The van der Waals surface area contributed by atoms with Gasteiger partial charge in [-0.25, -0.2) is 4.98 Å². The second-order valence-corrected chi connectivity index (χ2v) is 7.09. The van der Waals surface area contributed by atoms with Crippen LogP contribution >= 0.6 is 0 Å². The van der Waals surface area contributed by atoms with Gasteiger partial charge in [-0.2, -0.15) is 5.10 Å². The number of hydrogen-bond donors (Lipinski definition) is 2. The van der Waals surface area contributed by atoms with Gasteiger partial charge in [0.15, 0.2) is 0 Å². The zero-order valence-electron chi connectivity index (χ0n) is 15.7. The van der Waals surface area contributed by atoms with Gasteiger partial charge in [0.05, 0.1) is 17.1 Å². The summed E-state index contributed by atoms with van der Waals surface area (Å²) in [4.78, 5) is 16.9. The summed E-state index contributed by atoms with van der Waals surface area (Å²) in [5, 5.41) is 10.8. The molecule has 1 atom stereocenters. The third kappa shape index (κ3) is 3.88. The highest BCUT2D eigenvalue weighted by atomic mass is 16.1. The van der Waals surface area contributed by atoms with Gasteiger partial charge in [0.2, 0.25) is 0 Å². The van der Waals surface area contributed by atoms with Crippen molar-refractivity contribution in [3.63, 3.8) is 0 Å². The van der Waals surface area contributed by atoms with E-state index in [1.54, 1.807) is 6.07 Å². The smallest absolute Gasteiger partial charge is 0.271 e. The van der Waals surface area contributed by atoms with Crippen LogP contribution in [0, 0.1) is 6.92 Å². The second kappa shape index (κ2) is 7.92. The SMILES string of the molecule is Cc1nc2ccccc2n1CCCNC(=O)c1ccn(C2CCCNC2)n1. The molecule has 1 aliphatic rings. The Labute approximate surface area is 158 Å². The number of hydrogen-bond acceptors (Lipinski definition) is 4. The van der Waals surface area contributed by atoms with Crippen molar-refractivity contribution in [1.29, 1.82) is 0 Å². The predicted molar refractivity (Wildman–Crippen MR) is 105 cm³/mol. The van der Waals surface area contributed by atoms with Gasteiger partial charge < -0.3 is 15.2 Å². The molecule has 1 saturated heterocycles. The molecule has 0 radical (unpaired) electrons. The second-order valence-electron chi connectivity index (χ2n) is 7.09. The molecule has 0 spiro atoms. The first-order valence-electron chi connectivity index (χ1n) is 9.68. The Bertz CT molecular complexity index is 922. The van der Waals surface area contributed by atoms with Gasteiger partial charge in [0.25, 0.3) is 5.91 Å². The lowest BCUT2D eigenvalue weighted by molar-refractivity contribution is 0.0946. The van der Waals surface area contributed by atoms with Crippen LogP contribution in [0.4, 0.5) is 0 Å². The molecule has 0 aliphatic carbocycles. The van der Waals surface area contributed by atoms with Gasteiger partial charge >= 0.3 is 0 Å². The molecule has 1 aromatic carbocycles. The molecule has 1 unspecified atom stereocenters. The molecule has 1 amide bonds. The third-order valence-corrected chi connectivity index (χ3v) is 5.18. The van der Waals surface area contributed by atoms with Crippen molar-refractivity contribution in [3.05, 3.63) is 48.0 Å². The van der Waals surface area contributed by atoms with Gasteiger partial charge in [-0.3, -0.25) is 9.48 Å². The number of benzene rings is 1. The van der Waals surface area contributed by atoms with Gasteiger partial charge in [0.1, 0.15) is 11.5 Å². The lowest BCUT2D eigenvalue weighted by Gasteiger charge is -2.22. The van der Waals surface area contributed by atoms with Crippen molar-refractivity contribution in [2.24, 2.45) is 0 Å². The van der Waals surface area contributed by atoms with Gasteiger partial charge in [0, 0.05) is 25.8 Å². The van der Waals surface area contributed by atoms with Crippen molar-refractivity contribution < 1.29 is 4.79 Å². The van der Waals surface area contributed by atoms with E-state index in [1.165, 1.54) is 0 Å². The zero-order valence-corrected chi connectivity index (χ0v) is 15.7. The summed E-state index contributed by atoms with van der Waals surface area (Å²) in [7, 11) is 0. The maximum absolute atomic E-state index is 12.4. The largest absolute Gasteiger partial charge is 0.351 e. The molecule has 0 saturated carbocycles. The van der Waals surface area contributed by atoms with Crippen LogP contribution < -0.4 is 10.6 Å². The number of piperidine rings is 1. The number of fused-ring (bicyclic) bond motifs is 1. The minimum absolute atomic E-state index is 0.107. The number of aromatic nitrogens is 4. The molecule has 4 rings (SSSR count). The van der Waals surface area contributed by atoms with E-state index in [4.69, 9.17) is 0 Å². The fourth-order valence-electron chi connectivity index (χ4n) is 3.73. The van der Waals surface area contributed by atoms with E-state index in [0.29, 0.717) is 18.3 Å². The van der Waals surface area contributed by atoms with Crippen molar-refractivity contribution in [1.82, 2.24) is 30.0 Å². The van der Waals surface area contributed by atoms with Crippen LogP contribution in [0.3, 0.4) is 0 Å². The predicted octanol–water partition coefficient (Wildman–Crippen LogP) is 2.29. The van der Waals surface area contributed by atoms with Crippen LogP contribution in [0.1, 0.15) is 41.6 Å². The molecule has 1 aliphatic heterocycles. The monoisotopic (exact) mass is 366 g/mol. The fraction of sp³-hybridized carbons (Fsp3) is 0.450. The summed E-state index contributed by atoms with van der Waals surface area (Å²) >= 11 is 0. The highest BCUT2D eigenvalue weighted by molar-refractivity contribution is 5.92. The molecule has 27 heavy (non-hydrogen) atoms. The van der Waals surface area contributed by atoms with Crippen molar-refractivity contribution in [2.75, 3.05) is 19.6 Å². The quantitative estimate of drug-likeness (QED) is 0.656. The highest BCUT2D eigenvalue weighted by Crippen LogP contribution is 2.16. The first-order chi connectivity index (χ1) is 13.2. The number of rotatable bonds is 6. The van der Waals surface area contributed by atoms with E-state index in [0.717, 1.165) is 55.8 Å². The highest BCUT2D eigenvalue weighted by Gasteiger charge is 2.17. The van der Waals surface area contributed by atoms with Gasteiger partial charge in [-0.1, -0.05) is 12.1 Å².